The summed E-state index contributed by atoms with van der Waals surface area (Å²) in [5.41, 5.74) is 0.128. The molecule has 1 aliphatic rings. The van der Waals surface area contributed by atoms with Crippen LogP contribution < -0.4 is 5.32 Å². The zero-order chi connectivity index (χ0) is 12.7. The number of hydrogen-bond donors (Lipinski definition) is 1. The van der Waals surface area contributed by atoms with Gasteiger partial charge in [0, 0.05) is 13.2 Å². The van der Waals surface area contributed by atoms with E-state index in [0.29, 0.717) is 0 Å². The van der Waals surface area contributed by atoms with Gasteiger partial charge in [-0.15, -0.1) is 0 Å². The Morgan fingerprint density at radius 2 is 2.18 bits per heavy atom. The molecule has 2 nitrogen and oxygen atoms in total. The highest BCUT2D eigenvalue weighted by Gasteiger charge is 2.35. The summed E-state index contributed by atoms with van der Waals surface area (Å²) in [6.45, 7) is 8.88. The van der Waals surface area contributed by atoms with Crippen molar-refractivity contribution in [2.75, 3.05) is 20.2 Å². The molecule has 102 valence electrons. The van der Waals surface area contributed by atoms with Crippen molar-refractivity contribution in [2.45, 2.75) is 64.9 Å². The monoisotopic (exact) mass is 241 g/mol. The topological polar surface area (TPSA) is 21.3 Å². The van der Waals surface area contributed by atoms with E-state index < -0.39 is 0 Å². The second kappa shape index (κ2) is 7.38. The molecular weight excluding hydrogens is 210 g/mol. The Morgan fingerprint density at radius 3 is 2.76 bits per heavy atom. The third kappa shape index (κ3) is 5.39. The van der Waals surface area contributed by atoms with Gasteiger partial charge in [0.15, 0.2) is 0 Å². The maximum Gasteiger partial charge on any atom is 0.0808 e. The van der Waals surface area contributed by atoms with Gasteiger partial charge in [-0.3, -0.25) is 0 Å². The van der Waals surface area contributed by atoms with Crippen molar-refractivity contribution >= 4 is 0 Å². The van der Waals surface area contributed by atoms with Crippen molar-refractivity contribution in [3.8, 4) is 0 Å². The molecule has 0 aromatic heterocycles. The lowest BCUT2D eigenvalue weighted by molar-refractivity contribution is -0.0799. The molecular formula is C15H31NO. The summed E-state index contributed by atoms with van der Waals surface area (Å²) in [6, 6.07) is 0. The van der Waals surface area contributed by atoms with Crippen molar-refractivity contribution in [1.29, 1.82) is 0 Å². The average molecular weight is 241 g/mol. The van der Waals surface area contributed by atoms with E-state index in [2.05, 4.69) is 26.1 Å². The Balaban J connectivity index is 2.36. The fraction of sp³-hybridized carbons (Fsp3) is 1.00. The summed E-state index contributed by atoms with van der Waals surface area (Å²) < 4.78 is 6.27. The van der Waals surface area contributed by atoms with Crippen LogP contribution in [0.5, 0.6) is 0 Å². The molecule has 0 aromatic rings. The molecule has 2 atom stereocenters. The molecule has 1 fully saturated rings. The van der Waals surface area contributed by atoms with Crippen LogP contribution >= 0.6 is 0 Å². The molecule has 0 aromatic carbocycles. The highest BCUT2D eigenvalue weighted by Crippen LogP contribution is 2.35. The number of likely N-dealkylation sites (N-methyl/N-ethyl adjacent to an activating group) is 1. The molecule has 1 N–H and O–H groups in total. The summed E-state index contributed by atoms with van der Waals surface area (Å²) in [5, 5.41) is 3.32. The minimum Gasteiger partial charge on any atom is -0.374 e. The maximum absolute atomic E-state index is 6.27. The van der Waals surface area contributed by atoms with E-state index in [4.69, 9.17) is 4.74 Å². The van der Waals surface area contributed by atoms with Gasteiger partial charge in [0.05, 0.1) is 5.60 Å². The Morgan fingerprint density at radius 1 is 1.41 bits per heavy atom. The first-order valence-corrected chi connectivity index (χ1v) is 7.36. The summed E-state index contributed by atoms with van der Waals surface area (Å²) in [4.78, 5) is 0. The van der Waals surface area contributed by atoms with Gasteiger partial charge >= 0.3 is 0 Å². The zero-order valence-electron chi connectivity index (χ0n) is 12.2. The molecule has 0 spiro atoms. The van der Waals surface area contributed by atoms with Crippen molar-refractivity contribution in [3.63, 3.8) is 0 Å². The molecule has 2 unspecified atom stereocenters. The van der Waals surface area contributed by atoms with Gasteiger partial charge in [-0.25, -0.2) is 0 Å². The molecule has 2 heteroatoms. The SMILES string of the molecule is CNCC1(OCCCC(C)C)CCCC(C)C1. The van der Waals surface area contributed by atoms with Gasteiger partial charge in [-0.1, -0.05) is 33.6 Å². The smallest absolute Gasteiger partial charge is 0.0808 e. The van der Waals surface area contributed by atoms with Crippen LogP contribution in [0.15, 0.2) is 0 Å². The Kier molecular flexibility index (Phi) is 6.50. The van der Waals surface area contributed by atoms with E-state index >= 15 is 0 Å². The Bertz CT molecular complexity index is 201. The molecule has 17 heavy (non-hydrogen) atoms. The van der Waals surface area contributed by atoms with Crippen LogP contribution in [-0.4, -0.2) is 25.8 Å². The zero-order valence-corrected chi connectivity index (χ0v) is 12.2. The minimum absolute atomic E-state index is 0.128. The maximum atomic E-state index is 6.27. The number of hydrogen-bond acceptors (Lipinski definition) is 2. The first-order chi connectivity index (χ1) is 8.08. The molecule has 1 saturated carbocycles. The van der Waals surface area contributed by atoms with Crippen LogP contribution in [-0.2, 0) is 4.74 Å². The molecule has 0 amide bonds. The lowest BCUT2D eigenvalue weighted by atomic mass is 9.78. The predicted molar refractivity (Wildman–Crippen MR) is 74.3 cm³/mol. The van der Waals surface area contributed by atoms with Gasteiger partial charge < -0.3 is 10.1 Å². The van der Waals surface area contributed by atoms with Crippen molar-refractivity contribution in [1.82, 2.24) is 5.32 Å². The largest absolute Gasteiger partial charge is 0.374 e. The number of ether oxygens (including phenoxy) is 1. The molecule has 0 heterocycles. The molecule has 1 rings (SSSR count). The summed E-state index contributed by atoms with van der Waals surface area (Å²) in [5.74, 6) is 1.62. The molecule has 1 aliphatic carbocycles. The fourth-order valence-corrected chi connectivity index (χ4v) is 3.06. The Hall–Kier alpha value is -0.0800. The highest BCUT2D eigenvalue weighted by molar-refractivity contribution is 4.88. The standard InChI is InChI=1S/C15H31NO/c1-13(2)7-6-10-17-15(12-16-4)9-5-8-14(3)11-15/h13-14,16H,5-12H2,1-4H3. The van der Waals surface area contributed by atoms with Crippen LogP contribution in [0.1, 0.15) is 59.3 Å². The van der Waals surface area contributed by atoms with Crippen LogP contribution in [0.4, 0.5) is 0 Å². The molecule has 0 saturated heterocycles. The normalized spacial score (nSPS) is 29.8. The summed E-state index contributed by atoms with van der Waals surface area (Å²) in [6.07, 6.45) is 7.66. The number of rotatable bonds is 7. The number of nitrogens with one attached hydrogen (secondary N) is 1. The van der Waals surface area contributed by atoms with E-state index in [1.165, 1.54) is 38.5 Å². The van der Waals surface area contributed by atoms with Gasteiger partial charge in [0.25, 0.3) is 0 Å². The summed E-state index contributed by atoms with van der Waals surface area (Å²) >= 11 is 0. The lowest BCUT2D eigenvalue weighted by Crippen LogP contribution is -2.45. The molecule has 0 bridgehead atoms. The van der Waals surface area contributed by atoms with Crippen molar-refractivity contribution in [3.05, 3.63) is 0 Å². The summed E-state index contributed by atoms with van der Waals surface area (Å²) in [7, 11) is 2.04. The van der Waals surface area contributed by atoms with E-state index in [0.717, 1.165) is 25.0 Å². The van der Waals surface area contributed by atoms with Crippen molar-refractivity contribution in [2.24, 2.45) is 11.8 Å². The Labute approximate surface area is 108 Å². The lowest BCUT2D eigenvalue weighted by Gasteiger charge is -2.40. The minimum atomic E-state index is 0.128. The second-order valence-electron chi connectivity index (χ2n) is 6.30. The van der Waals surface area contributed by atoms with Crippen LogP contribution in [0.3, 0.4) is 0 Å². The van der Waals surface area contributed by atoms with Crippen LogP contribution in [0.25, 0.3) is 0 Å². The van der Waals surface area contributed by atoms with E-state index in [9.17, 15) is 0 Å². The first kappa shape index (κ1) is 15.0. The predicted octanol–water partition coefficient (Wildman–Crippen LogP) is 3.61. The van der Waals surface area contributed by atoms with E-state index in [1.807, 2.05) is 7.05 Å². The molecule has 0 radical (unpaired) electrons. The van der Waals surface area contributed by atoms with Crippen LogP contribution in [0.2, 0.25) is 0 Å². The van der Waals surface area contributed by atoms with E-state index in [-0.39, 0.29) is 5.60 Å². The van der Waals surface area contributed by atoms with Crippen LogP contribution in [0, 0.1) is 11.8 Å². The molecule has 0 aliphatic heterocycles. The van der Waals surface area contributed by atoms with Crippen molar-refractivity contribution < 1.29 is 4.74 Å². The van der Waals surface area contributed by atoms with E-state index in [1.54, 1.807) is 0 Å². The highest BCUT2D eigenvalue weighted by atomic mass is 16.5. The second-order valence-corrected chi connectivity index (χ2v) is 6.30. The fourth-order valence-electron chi connectivity index (χ4n) is 3.06. The third-order valence-corrected chi connectivity index (χ3v) is 3.88. The van der Waals surface area contributed by atoms with Gasteiger partial charge in [0.2, 0.25) is 0 Å². The average Bonchev–Trinajstić information content (AvgIpc) is 2.25. The van der Waals surface area contributed by atoms with Gasteiger partial charge in [-0.2, -0.15) is 0 Å². The van der Waals surface area contributed by atoms with Gasteiger partial charge in [0.1, 0.15) is 0 Å². The third-order valence-electron chi connectivity index (χ3n) is 3.88. The first-order valence-electron chi connectivity index (χ1n) is 7.36. The quantitative estimate of drug-likeness (QED) is 0.688. The van der Waals surface area contributed by atoms with Gasteiger partial charge in [-0.05, 0) is 44.6 Å².